The van der Waals surface area contributed by atoms with Crippen LogP contribution in [0.2, 0.25) is 0 Å². The van der Waals surface area contributed by atoms with Crippen LogP contribution in [-0.4, -0.2) is 89.4 Å². The second-order valence-corrected chi connectivity index (χ2v) is 7.45. The summed E-state index contributed by atoms with van der Waals surface area (Å²) in [4.78, 5) is 74.2. The van der Waals surface area contributed by atoms with Gasteiger partial charge in [0.05, 0.1) is 6.61 Å². The zero-order chi connectivity index (χ0) is 24.0. The van der Waals surface area contributed by atoms with Crippen LogP contribution >= 0.6 is 0 Å². The first-order chi connectivity index (χ1) is 15.1. The Bertz CT molecular complexity index is 788. The number of likely N-dealkylation sites (tertiary alicyclic amines) is 1. The molecule has 0 aromatic rings. The maximum Gasteiger partial charge on any atom is 0.338 e. The van der Waals surface area contributed by atoms with Crippen molar-refractivity contribution < 1.29 is 38.2 Å². The predicted octanol–water partition coefficient (Wildman–Crippen LogP) is -2.43. The Labute approximate surface area is 184 Å². The molecule has 2 heterocycles. The van der Waals surface area contributed by atoms with Crippen LogP contribution in [0.25, 0.3) is 0 Å². The highest BCUT2D eigenvalue weighted by Crippen LogP contribution is 2.25. The fourth-order valence-electron chi connectivity index (χ4n) is 3.48. The second-order valence-electron chi connectivity index (χ2n) is 7.45. The van der Waals surface area contributed by atoms with Gasteiger partial charge in [-0.15, -0.1) is 0 Å². The number of primary amides is 1. The van der Waals surface area contributed by atoms with E-state index in [1.807, 2.05) is 0 Å². The average Bonchev–Trinajstić information content (AvgIpc) is 3.37. The summed E-state index contributed by atoms with van der Waals surface area (Å²) in [6.45, 7) is 4.37. The molecule has 13 nitrogen and oxygen atoms in total. The first-order valence-electron chi connectivity index (χ1n) is 10.4. The van der Waals surface area contributed by atoms with Crippen molar-refractivity contribution in [3.63, 3.8) is 0 Å². The van der Waals surface area contributed by atoms with E-state index in [1.165, 1.54) is 11.8 Å². The SMILES string of the molecule is CCOC(=O)C1OC1C(=O)N(CC(N)=O)NC(=O)[C@@H]1CCCN1C(=O)[C@H](CC)NC(C)=O. The number of hydrogen-bond acceptors (Lipinski definition) is 8. The van der Waals surface area contributed by atoms with Crippen LogP contribution < -0.4 is 16.5 Å². The fourth-order valence-corrected chi connectivity index (χ4v) is 3.48. The Morgan fingerprint density at radius 1 is 1.19 bits per heavy atom. The predicted molar refractivity (Wildman–Crippen MR) is 107 cm³/mol. The molecule has 32 heavy (non-hydrogen) atoms. The van der Waals surface area contributed by atoms with Gasteiger partial charge < -0.3 is 25.4 Å². The third kappa shape index (κ3) is 6.15. The third-order valence-corrected chi connectivity index (χ3v) is 5.00. The van der Waals surface area contributed by atoms with Gasteiger partial charge in [0.15, 0.2) is 12.2 Å². The molecule has 0 radical (unpaired) electrons. The molecule has 2 saturated heterocycles. The number of nitrogens with one attached hydrogen (secondary N) is 2. The molecule has 0 aromatic heterocycles. The molecule has 4 N–H and O–H groups in total. The Morgan fingerprint density at radius 2 is 1.88 bits per heavy atom. The Kier molecular flexibility index (Phi) is 8.52. The van der Waals surface area contributed by atoms with Crippen LogP contribution in [-0.2, 0) is 38.2 Å². The van der Waals surface area contributed by atoms with Crippen molar-refractivity contribution in [1.82, 2.24) is 20.7 Å². The Morgan fingerprint density at radius 3 is 2.44 bits per heavy atom. The van der Waals surface area contributed by atoms with Crippen LogP contribution in [0.3, 0.4) is 0 Å². The number of carbonyl (C=O) groups excluding carboxylic acids is 6. The molecule has 2 unspecified atom stereocenters. The van der Waals surface area contributed by atoms with Gasteiger partial charge in [0, 0.05) is 13.5 Å². The summed E-state index contributed by atoms with van der Waals surface area (Å²) in [6.07, 6.45) is -1.12. The van der Waals surface area contributed by atoms with E-state index in [-0.39, 0.29) is 12.5 Å². The molecule has 2 aliphatic rings. The smallest absolute Gasteiger partial charge is 0.338 e. The molecule has 13 heteroatoms. The molecule has 178 valence electrons. The van der Waals surface area contributed by atoms with Gasteiger partial charge in [-0.25, -0.2) is 9.80 Å². The van der Waals surface area contributed by atoms with Crippen molar-refractivity contribution in [2.24, 2.45) is 5.73 Å². The molecule has 5 amide bonds. The summed E-state index contributed by atoms with van der Waals surface area (Å²) in [5.74, 6) is -3.95. The van der Waals surface area contributed by atoms with E-state index in [2.05, 4.69) is 10.7 Å². The maximum absolute atomic E-state index is 12.9. The van der Waals surface area contributed by atoms with Gasteiger partial charge >= 0.3 is 5.97 Å². The summed E-state index contributed by atoms with van der Waals surface area (Å²) >= 11 is 0. The lowest BCUT2D eigenvalue weighted by molar-refractivity contribution is -0.149. The zero-order valence-electron chi connectivity index (χ0n) is 18.3. The van der Waals surface area contributed by atoms with E-state index in [0.717, 1.165) is 0 Å². The van der Waals surface area contributed by atoms with Gasteiger partial charge in [-0.05, 0) is 26.2 Å². The number of carbonyl (C=O) groups is 6. The summed E-state index contributed by atoms with van der Waals surface area (Å²) in [7, 11) is 0. The van der Waals surface area contributed by atoms with Crippen molar-refractivity contribution in [1.29, 1.82) is 0 Å². The van der Waals surface area contributed by atoms with Gasteiger partial charge in [0.1, 0.15) is 18.6 Å². The van der Waals surface area contributed by atoms with Gasteiger partial charge in [-0.3, -0.25) is 29.4 Å². The first kappa shape index (κ1) is 25.0. The van der Waals surface area contributed by atoms with Gasteiger partial charge in [0.2, 0.25) is 17.7 Å². The number of nitrogens with zero attached hydrogens (tertiary/aromatic N) is 2. The van der Waals surface area contributed by atoms with Gasteiger partial charge in [-0.1, -0.05) is 6.92 Å². The number of rotatable bonds is 9. The second kappa shape index (κ2) is 10.9. The molecule has 0 aliphatic carbocycles. The minimum Gasteiger partial charge on any atom is -0.464 e. The molecular formula is C19H29N5O8. The summed E-state index contributed by atoms with van der Waals surface area (Å²) in [5.41, 5.74) is 7.50. The fraction of sp³-hybridized carbons (Fsp3) is 0.684. The minimum absolute atomic E-state index is 0.101. The average molecular weight is 455 g/mol. The molecule has 0 aromatic carbocycles. The number of epoxide rings is 1. The van der Waals surface area contributed by atoms with E-state index >= 15 is 0 Å². The van der Waals surface area contributed by atoms with Crippen molar-refractivity contribution in [3.05, 3.63) is 0 Å². The lowest BCUT2D eigenvalue weighted by Crippen LogP contribution is -2.58. The van der Waals surface area contributed by atoms with Crippen LogP contribution in [0, 0.1) is 0 Å². The number of hydrazine groups is 1. The molecule has 2 rings (SSSR count). The number of esters is 1. The normalized spacial score (nSPS) is 22.5. The monoisotopic (exact) mass is 455 g/mol. The highest BCUT2D eigenvalue weighted by atomic mass is 16.6. The topological polar surface area (TPSA) is 181 Å². The minimum atomic E-state index is -1.21. The van der Waals surface area contributed by atoms with Crippen LogP contribution in [0.1, 0.15) is 40.0 Å². The van der Waals surface area contributed by atoms with Crippen molar-refractivity contribution >= 4 is 35.5 Å². The van der Waals surface area contributed by atoms with Crippen molar-refractivity contribution in [2.45, 2.75) is 64.3 Å². The summed E-state index contributed by atoms with van der Waals surface area (Å²) in [6, 6.07) is -1.69. The Balaban J connectivity index is 2.07. The highest BCUT2D eigenvalue weighted by Gasteiger charge is 2.53. The van der Waals surface area contributed by atoms with E-state index in [0.29, 0.717) is 30.8 Å². The standard InChI is InChI=1S/C19H29N5O8/c1-4-11(21-10(3)25)17(28)23-8-6-7-12(23)16(27)22-24(9-13(20)26)18(29)14-15(32-14)19(30)31-5-2/h11-12,14-15H,4-9H2,1-3H3,(H2,20,26)(H,21,25)(H,22,27)/t11-,12-,14?,15?/m0/s1. The molecule has 4 atom stereocenters. The number of amides is 5. The van der Waals surface area contributed by atoms with Gasteiger partial charge in [0.25, 0.3) is 11.8 Å². The van der Waals surface area contributed by atoms with Gasteiger partial charge in [-0.2, -0.15) is 0 Å². The number of ether oxygens (including phenoxy) is 2. The molecule has 2 aliphatic heterocycles. The van der Waals surface area contributed by atoms with Crippen molar-refractivity contribution in [3.8, 4) is 0 Å². The number of nitrogens with two attached hydrogens (primary N) is 1. The first-order valence-corrected chi connectivity index (χ1v) is 10.4. The lowest BCUT2D eigenvalue weighted by atomic mass is 10.1. The van der Waals surface area contributed by atoms with E-state index < -0.39 is 60.4 Å². The van der Waals surface area contributed by atoms with E-state index in [9.17, 15) is 28.8 Å². The quantitative estimate of drug-likeness (QED) is 0.195. The molecule has 0 saturated carbocycles. The van der Waals surface area contributed by atoms with Crippen LogP contribution in [0.5, 0.6) is 0 Å². The summed E-state index contributed by atoms with van der Waals surface area (Å²) < 4.78 is 9.81. The van der Waals surface area contributed by atoms with Crippen LogP contribution in [0.4, 0.5) is 0 Å². The van der Waals surface area contributed by atoms with E-state index in [1.54, 1.807) is 13.8 Å². The molecule has 0 spiro atoms. The van der Waals surface area contributed by atoms with Crippen LogP contribution in [0.15, 0.2) is 0 Å². The van der Waals surface area contributed by atoms with E-state index in [4.69, 9.17) is 15.2 Å². The zero-order valence-corrected chi connectivity index (χ0v) is 18.3. The summed E-state index contributed by atoms with van der Waals surface area (Å²) in [5, 5.41) is 3.23. The third-order valence-electron chi connectivity index (χ3n) is 5.00. The lowest BCUT2D eigenvalue weighted by Gasteiger charge is -2.30. The molecule has 0 bridgehead atoms. The highest BCUT2D eigenvalue weighted by molar-refractivity contribution is 5.97. The maximum atomic E-state index is 12.9. The Hall–Kier alpha value is -3.22. The largest absolute Gasteiger partial charge is 0.464 e. The number of hydrogen-bond donors (Lipinski definition) is 3. The van der Waals surface area contributed by atoms with Crippen molar-refractivity contribution in [2.75, 3.05) is 19.7 Å². The molecular weight excluding hydrogens is 426 g/mol. The molecule has 2 fully saturated rings.